The van der Waals surface area contributed by atoms with Gasteiger partial charge in [-0.15, -0.1) is 0 Å². The normalized spacial score (nSPS) is 15.9. The number of benzene rings is 12. The highest BCUT2D eigenvalue weighted by molar-refractivity contribution is 6.19. The molecule has 3 nitrogen and oxygen atoms in total. The fourth-order valence-corrected chi connectivity index (χ4v) is 16.5. The van der Waals surface area contributed by atoms with Crippen LogP contribution in [0.5, 0.6) is 0 Å². The molecule has 0 bridgehead atoms. The molecule has 4 aliphatic carbocycles. The van der Waals surface area contributed by atoms with Gasteiger partial charge in [-0.2, -0.15) is 0 Å². The van der Waals surface area contributed by atoms with E-state index in [1.54, 1.807) is 0 Å². The molecule has 87 heavy (non-hydrogen) atoms. The third kappa shape index (κ3) is 7.12. The molecule has 416 valence electrons. The van der Waals surface area contributed by atoms with E-state index in [1.165, 1.54) is 127 Å². The molecule has 2 aromatic heterocycles. The van der Waals surface area contributed by atoms with Crippen LogP contribution in [0.3, 0.4) is 0 Å². The zero-order chi connectivity index (χ0) is 58.2. The lowest BCUT2D eigenvalue weighted by Crippen LogP contribution is -2.18. The molecule has 2 heterocycles. The lowest BCUT2D eigenvalue weighted by molar-refractivity contribution is 0.651. The predicted octanol–water partition coefficient (Wildman–Crippen LogP) is 22.8. The molecule has 0 amide bonds. The van der Waals surface area contributed by atoms with Crippen LogP contribution >= 0.6 is 0 Å². The summed E-state index contributed by atoms with van der Waals surface area (Å²) in [4.78, 5) is 2.53. The number of furan rings is 2. The van der Waals surface area contributed by atoms with Crippen molar-refractivity contribution in [2.45, 2.75) is 76.5 Å². The SMILES string of the molecule is CC1(C)c2cc(N(c3ccc4c(c3)C(C)(C)c3cc(-c5ccc6c(c5)-c5ccccc5C(Cc5ccccc5)C6)c5oc6ccccc6c5c3-4)c3ccccc3-c3ccccc3)ccc2-c2cc3c(cc21)-c1c(ccc2oc4ccccc4c12)C3(C)C. The van der Waals surface area contributed by atoms with Crippen LogP contribution in [0.4, 0.5) is 17.1 Å². The highest BCUT2D eigenvalue weighted by Gasteiger charge is 2.44. The predicted molar refractivity (Wildman–Crippen MR) is 361 cm³/mol. The molecule has 3 heteroatoms. The van der Waals surface area contributed by atoms with Crippen LogP contribution in [0.25, 0.3) is 111 Å². The maximum atomic E-state index is 7.12. The van der Waals surface area contributed by atoms with Gasteiger partial charge in [0.2, 0.25) is 0 Å². The van der Waals surface area contributed by atoms with Crippen molar-refractivity contribution in [3.63, 3.8) is 0 Å². The minimum atomic E-state index is -0.374. The van der Waals surface area contributed by atoms with Gasteiger partial charge in [-0.1, -0.05) is 211 Å². The fourth-order valence-electron chi connectivity index (χ4n) is 16.5. The van der Waals surface area contributed by atoms with Crippen molar-refractivity contribution in [3.05, 3.63) is 293 Å². The van der Waals surface area contributed by atoms with Crippen molar-refractivity contribution in [1.29, 1.82) is 0 Å². The van der Waals surface area contributed by atoms with Crippen molar-refractivity contribution in [1.82, 2.24) is 0 Å². The Morgan fingerprint density at radius 2 is 0.943 bits per heavy atom. The molecule has 18 rings (SSSR count). The second-order valence-corrected chi connectivity index (χ2v) is 26.7. The van der Waals surface area contributed by atoms with Crippen molar-refractivity contribution in [2.24, 2.45) is 0 Å². The molecular formula is C84H63NO2. The lowest BCUT2D eigenvalue weighted by atomic mass is 9.75. The quantitative estimate of drug-likeness (QED) is 0.159. The highest BCUT2D eigenvalue weighted by Crippen LogP contribution is 2.61. The molecule has 1 unspecified atom stereocenters. The van der Waals surface area contributed by atoms with E-state index in [1.807, 2.05) is 0 Å². The zero-order valence-corrected chi connectivity index (χ0v) is 49.8. The number of para-hydroxylation sites is 3. The summed E-state index contributed by atoms with van der Waals surface area (Å²) in [6.45, 7) is 14.5. The van der Waals surface area contributed by atoms with E-state index in [4.69, 9.17) is 8.83 Å². The highest BCUT2D eigenvalue weighted by atomic mass is 16.3. The summed E-state index contributed by atoms with van der Waals surface area (Å²) in [5.74, 6) is 0.410. The fraction of sp³-hybridized carbons (Fsp3) is 0.143. The van der Waals surface area contributed by atoms with E-state index in [0.717, 1.165) is 63.2 Å². The minimum Gasteiger partial charge on any atom is -0.456 e. The van der Waals surface area contributed by atoms with Gasteiger partial charge in [-0.25, -0.2) is 0 Å². The lowest BCUT2D eigenvalue weighted by Gasteiger charge is -2.31. The van der Waals surface area contributed by atoms with Crippen molar-refractivity contribution >= 4 is 60.9 Å². The number of fused-ring (bicyclic) bond motifs is 20. The largest absolute Gasteiger partial charge is 0.456 e. The van der Waals surface area contributed by atoms with Crippen molar-refractivity contribution in [2.75, 3.05) is 4.90 Å². The molecule has 0 fully saturated rings. The molecule has 4 aliphatic rings. The molecule has 0 radical (unpaired) electrons. The van der Waals surface area contributed by atoms with Gasteiger partial charge < -0.3 is 13.7 Å². The average Bonchev–Trinajstić information content (AvgIpc) is 1.57. The maximum absolute atomic E-state index is 7.12. The molecule has 0 aliphatic heterocycles. The van der Waals surface area contributed by atoms with Gasteiger partial charge in [0.15, 0.2) is 0 Å². The van der Waals surface area contributed by atoms with Gasteiger partial charge in [-0.3, -0.25) is 0 Å². The number of nitrogens with zero attached hydrogens (tertiary/aromatic N) is 1. The number of hydrogen-bond acceptors (Lipinski definition) is 3. The monoisotopic (exact) mass is 1120 g/mol. The molecule has 0 saturated heterocycles. The van der Waals surface area contributed by atoms with Crippen LogP contribution in [-0.2, 0) is 29.1 Å². The van der Waals surface area contributed by atoms with Crippen molar-refractivity contribution in [3.8, 4) is 66.8 Å². The topological polar surface area (TPSA) is 29.5 Å². The molecule has 12 aromatic carbocycles. The van der Waals surface area contributed by atoms with E-state index < -0.39 is 0 Å². The van der Waals surface area contributed by atoms with E-state index >= 15 is 0 Å². The van der Waals surface area contributed by atoms with Gasteiger partial charge in [0, 0.05) is 60.3 Å². The second kappa shape index (κ2) is 18.0. The van der Waals surface area contributed by atoms with Gasteiger partial charge in [-0.05, 0) is 197 Å². The van der Waals surface area contributed by atoms with E-state index in [0.29, 0.717) is 5.92 Å². The first kappa shape index (κ1) is 50.4. The van der Waals surface area contributed by atoms with Crippen LogP contribution in [0.15, 0.2) is 251 Å². The first-order valence-electron chi connectivity index (χ1n) is 31.0. The van der Waals surface area contributed by atoms with E-state index in [-0.39, 0.29) is 16.2 Å². The average molecular weight is 1120 g/mol. The summed E-state index contributed by atoms with van der Waals surface area (Å²) in [6.07, 6.45) is 2.02. The Bertz CT molecular complexity index is 5260. The third-order valence-electron chi connectivity index (χ3n) is 20.9. The second-order valence-electron chi connectivity index (χ2n) is 26.7. The van der Waals surface area contributed by atoms with Crippen LogP contribution in [0, 0.1) is 0 Å². The Labute approximate surface area is 507 Å². The van der Waals surface area contributed by atoms with Gasteiger partial charge in [0.1, 0.15) is 22.3 Å². The first-order chi connectivity index (χ1) is 42.4. The molecule has 14 aromatic rings. The number of anilines is 3. The van der Waals surface area contributed by atoms with Gasteiger partial charge >= 0.3 is 0 Å². The Balaban J connectivity index is 0.787. The standard InChI is InChI=1S/C84H63NO2/c1-82(2)67-39-40-76-79(61-28-16-19-31-74(61)86-76)78(67)66-48-70-65(47-71(66)82)59-37-35-54(44-68(59)83(70,3)4)85(73-30-18-15-26-57(73)50-23-11-8-12-24-50)55-36-38-60-69(45-55)84(5,6)72-46-64(81-80(77(60)72)62-29-17-20-32-75(62)87-81)52-34-33-51-42-53(41-49-21-9-7-10-22-49)56-25-13-14-27-58(56)63(51)43-52/h7-40,43-48,53H,41-42H2,1-6H3. The molecule has 0 spiro atoms. The molecule has 1 atom stereocenters. The summed E-state index contributed by atoms with van der Waals surface area (Å²) in [6, 6.07) is 91.0. The number of hydrogen-bond donors (Lipinski definition) is 0. The van der Waals surface area contributed by atoms with Crippen LogP contribution in [-0.4, -0.2) is 0 Å². The summed E-state index contributed by atoms with van der Waals surface area (Å²) in [7, 11) is 0. The molecular weight excluding hydrogens is 1050 g/mol. The maximum Gasteiger partial charge on any atom is 0.143 e. The summed E-state index contributed by atoms with van der Waals surface area (Å²) in [5, 5.41) is 4.72. The van der Waals surface area contributed by atoms with Crippen LogP contribution in [0.2, 0.25) is 0 Å². The first-order valence-corrected chi connectivity index (χ1v) is 31.0. The van der Waals surface area contributed by atoms with E-state index in [2.05, 4.69) is 289 Å². The smallest absolute Gasteiger partial charge is 0.143 e. The Morgan fingerprint density at radius 3 is 1.72 bits per heavy atom. The molecule has 0 saturated carbocycles. The summed E-state index contributed by atoms with van der Waals surface area (Å²) >= 11 is 0. The zero-order valence-electron chi connectivity index (χ0n) is 49.8. The van der Waals surface area contributed by atoms with Gasteiger partial charge in [0.25, 0.3) is 0 Å². The Morgan fingerprint density at radius 1 is 0.368 bits per heavy atom. The minimum absolute atomic E-state index is 0.197. The molecule has 0 N–H and O–H groups in total. The van der Waals surface area contributed by atoms with Crippen molar-refractivity contribution < 1.29 is 8.83 Å². The third-order valence-corrected chi connectivity index (χ3v) is 20.9. The Hall–Kier alpha value is -9.96. The van der Waals surface area contributed by atoms with E-state index in [9.17, 15) is 0 Å². The summed E-state index contributed by atoms with van der Waals surface area (Å²) < 4.78 is 13.6. The van der Waals surface area contributed by atoms with Crippen LogP contribution < -0.4 is 4.90 Å². The van der Waals surface area contributed by atoms with Crippen LogP contribution in [0.1, 0.15) is 97.5 Å². The summed E-state index contributed by atoms with van der Waals surface area (Å²) in [5.41, 5.74) is 33.6. The Kier molecular flexibility index (Phi) is 10.4. The number of rotatable bonds is 7. The van der Waals surface area contributed by atoms with Gasteiger partial charge in [0.05, 0.1) is 5.69 Å².